The standard InChI is InChI=1S/C23H36N6O/c1-4-5-12-29-22-20(19(26-29)15-17(2)3)21(24-16-25-22)27-13-8-18(9-14-27)23(30)28-10-6-7-11-28/h16-18H,4-15H2,1-3H3. The molecule has 0 atom stereocenters. The van der Waals surface area contributed by atoms with Gasteiger partial charge in [-0.05, 0) is 44.4 Å². The zero-order chi connectivity index (χ0) is 21.1. The smallest absolute Gasteiger partial charge is 0.225 e. The molecule has 4 heterocycles. The minimum absolute atomic E-state index is 0.166. The van der Waals surface area contributed by atoms with Crippen molar-refractivity contribution in [3.8, 4) is 0 Å². The van der Waals surface area contributed by atoms with Crippen molar-refractivity contribution in [2.75, 3.05) is 31.1 Å². The van der Waals surface area contributed by atoms with Crippen molar-refractivity contribution in [3.63, 3.8) is 0 Å². The first-order valence-corrected chi connectivity index (χ1v) is 11.8. The Hall–Kier alpha value is -2.18. The van der Waals surface area contributed by atoms with Crippen molar-refractivity contribution in [1.29, 1.82) is 0 Å². The van der Waals surface area contributed by atoms with Crippen molar-refractivity contribution in [1.82, 2.24) is 24.6 Å². The maximum atomic E-state index is 12.8. The van der Waals surface area contributed by atoms with Crippen molar-refractivity contribution in [2.24, 2.45) is 11.8 Å². The lowest BCUT2D eigenvalue weighted by Crippen LogP contribution is -2.42. The molecule has 164 valence electrons. The number of carbonyl (C=O) groups excluding carboxylic acids is 1. The van der Waals surface area contributed by atoms with Crippen LogP contribution >= 0.6 is 0 Å². The normalized spacial score (nSPS) is 18.1. The Labute approximate surface area is 179 Å². The third kappa shape index (κ3) is 4.30. The van der Waals surface area contributed by atoms with Gasteiger partial charge in [0.2, 0.25) is 5.91 Å². The summed E-state index contributed by atoms with van der Waals surface area (Å²) in [5.41, 5.74) is 2.07. The number of amides is 1. The van der Waals surface area contributed by atoms with Crippen LogP contribution in [0.1, 0.15) is 65.0 Å². The summed E-state index contributed by atoms with van der Waals surface area (Å²) < 4.78 is 2.07. The Kier molecular flexibility index (Phi) is 6.54. The number of aromatic nitrogens is 4. The monoisotopic (exact) mass is 412 g/mol. The molecule has 0 spiro atoms. The predicted octanol–water partition coefficient (Wildman–Crippen LogP) is 3.66. The molecule has 0 bridgehead atoms. The lowest BCUT2D eigenvalue weighted by Gasteiger charge is -2.34. The number of piperidine rings is 1. The minimum atomic E-state index is 0.166. The molecule has 4 rings (SSSR count). The highest BCUT2D eigenvalue weighted by Gasteiger charge is 2.31. The van der Waals surface area contributed by atoms with Gasteiger partial charge in [0.15, 0.2) is 5.65 Å². The van der Waals surface area contributed by atoms with Crippen molar-refractivity contribution >= 4 is 22.8 Å². The fraction of sp³-hybridized carbons (Fsp3) is 0.739. The summed E-state index contributed by atoms with van der Waals surface area (Å²) in [6.07, 6.45) is 8.98. The molecule has 30 heavy (non-hydrogen) atoms. The molecule has 0 aromatic carbocycles. The molecule has 0 radical (unpaired) electrons. The van der Waals surface area contributed by atoms with Crippen LogP contribution in [-0.4, -0.2) is 56.7 Å². The zero-order valence-corrected chi connectivity index (χ0v) is 18.8. The molecule has 2 aliphatic rings. The third-order valence-electron chi connectivity index (χ3n) is 6.47. The molecule has 2 fully saturated rings. The molecule has 7 heteroatoms. The third-order valence-corrected chi connectivity index (χ3v) is 6.47. The SMILES string of the molecule is CCCCn1nc(CC(C)C)c2c(N3CCC(C(=O)N4CCCC4)CC3)ncnc21. The van der Waals surface area contributed by atoms with Crippen LogP contribution < -0.4 is 4.90 Å². The first kappa shape index (κ1) is 21.1. The molecule has 2 aromatic heterocycles. The summed E-state index contributed by atoms with van der Waals surface area (Å²) in [6.45, 7) is 11.2. The average Bonchev–Trinajstić information content (AvgIpc) is 3.40. The van der Waals surface area contributed by atoms with Crippen LogP contribution in [0.2, 0.25) is 0 Å². The number of anilines is 1. The fourth-order valence-corrected chi connectivity index (χ4v) is 4.83. The van der Waals surface area contributed by atoms with E-state index in [1.807, 2.05) is 0 Å². The van der Waals surface area contributed by atoms with E-state index >= 15 is 0 Å². The van der Waals surface area contributed by atoms with Crippen LogP contribution in [0.3, 0.4) is 0 Å². The predicted molar refractivity (Wildman–Crippen MR) is 120 cm³/mol. The maximum Gasteiger partial charge on any atom is 0.225 e. The lowest BCUT2D eigenvalue weighted by molar-refractivity contribution is -0.135. The number of carbonyl (C=O) groups is 1. The number of unbranched alkanes of at least 4 members (excludes halogenated alkanes) is 1. The topological polar surface area (TPSA) is 67.2 Å². The largest absolute Gasteiger partial charge is 0.356 e. The van der Waals surface area contributed by atoms with E-state index in [-0.39, 0.29) is 5.92 Å². The molecule has 7 nitrogen and oxygen atoms in total. The second-order valence-electron chi connectivity index (χ2n) is 9.31. The number of nitrogens with zero attached hydrogens (tertiary/aromatic N) is 6. The highest BCUT2D eigenvalue weighted by atomic mass is 16.2. The molecule has 0 N–H and O–H groups in total. The van der Waals surface area contributed by atoms with E-state index < -0.39 is 0 Å². The Morgan fingerprint density at radius 2 is 1.87 bits per heavy atom. The van der Waals surface area contributed by atoms with E-state index in [1.165, 1.54) is 0 Å². The highest BCUT2D eigenvalue weighted by Crippen LogP contribution is 2.32. The Morgan fingerprint density at radius 3 is 2.53 bits per heavy atom. The lowest BCUT2D eigenvalue weighted by atomic mass is 9.95. The minimum Gasteiger partial charge on any atom is -0.356 e. The van der Waals surface area contributed by atoms with Crippen molar-refractivity contribution < 1.29 is 4.79 Å². The number of rotatable bonds is 7. The van der Waals surface area contributed by atoms with Gasteiger partial charge in [-0.3, -0.25) is 4.79 Å². The number of fused-ring (bicyclic) bond motifs is 1. The molecule has 2 aromatic rings. The second-order valence-corrected chi connectivity index (χ2v) is 9.31. The summed E-state index contributed by atoms with van der Waals surface area (Å²) in [5, 5.41) is 6.06. The number of aryl methyl sites for hydroxylation is 1. The second kappa shape index (κ2) is 9.31. The molecule has 0 aliphatic carbocycles. The van der Waals surface area contributed by atoms with E-state index in [0.717, 1.165) is 100 Å². The summed E-state index contributed by atoms with van der Waals surface area (Å²) in [5.74, 6) is 2.07. The quantitative estimate of drug-likeness (QED) is 0.694. The Morgan fingerprint density at radius 1 is 1.13 bits per heavy atom. The van der Waals surface area contributed by atoms with Crippen molar-refractivity contribution in [2.45, 2.75) is 72.3 Å². The molecule has 2 aliphatic heterocycles. The van der Waals surface area contributed by atoms with Crippen LogP contribution in [0.5, 0.6) is 0 Å². The molecule has 0 unspecified atom stereocenters. The van der Waals surface area contributed by atoms with E-state index in [1.54, 1.807) is 6.33 Å². The van der Waals surface area contributed by atoms with E-state index in [2.05, 4.69) is 40.2 Å². The molecule has 1 amide bonds. The van der Waals surface area contributed by atoms with Crippen LogP contribution in [0, 0.1) is 11.8 Å². The number of likely N-dealkylation sites (tertiary alicyclic amines) is 1. The molecular formula is C23H36N6O. The summed E-state index contributed by atoms with van der Waals surface area (Å²) in [7, 11) is 0. The van der Waals surface area contributed by atoms with Gasteiger partial charge in [-0.15, -0.1) is 0 Å². The van der Waals surface area contributed by atoms with Gasteiger partial charge in [0, 0.05) is 38.6 Å². The van der Waals surface area contributed by atoms with Gasteiger partial charge in [-0.1, -0.05) is 27.2 Å². The van der Waals surface area contributed by atoms with E-state index in [4.69, 9.17) is 10.1 Å². The summed E-state index contributed by atoms with van der Waals surface area (Å²) in [6, 6.07) is 0. The van der Waals surface area contributed by atoms with Gasteiger partial charge in [0.1, 0.15) is 12.1 Å². The molecule has 2 saturated heterocycles. The Balaban J connectivity index is 1.56. The van der Waals surface area contributed by atoms with Gasteiger partial charge in [-0.25, -0.2) is 14.6 Å². The van der Waals surface area contributed by atoms with Crippen LogP contribution in [0.15, 0.2) is 6.33 Å². The zero-order valence-electron chi connectivity index (χ0n) is 18.8. The van der Waals surface area contributed by atoms with Gasteiger partial charge in [0.05, 0.1) is 11.1 Å². The van der Waals surface area contributed by atoms with E-state index in [0.29, 0.717) is 11.8 Å². The van der Waals surface area contributed by atoms with Crippen LogP contribution in [0.4, 0.5) is 5.82 Å². The number of hydrogen-bond donors (Lipinski definition) is 0. The first-order chi connectivity index (χ1) is 14.6. The summed E-state index contributed by atoms with van der Waals surface area (Å²) >= 11 is 0. The molecular weight excluding hydrogens is 376 g/mol. The van der Waals surface area contributed by atoms with Crippen LogP contribution in [0.25, 0.3) is 11.0 Å². The van der Waals surface area contributed by atoms with Gasteiger partial charge in [-0.2, -0.15) is 5.10 Å². The van der Waals surface area contributed by atoms with E-state index in [9.17, 15) is 4.79 Å². The molecule has 0 saturated carbocycles. The summed E-state index contributed by atoms with van der Waals surface area (Å²) in [4.78, 5) is 26.5. The van der Waals surface area contributed by atoms with Gasteiger partial charge in [0.25, 0.3) is 0 Å². The first-order valence-electron chi connectivity index (χ1n) is 11.8. The van der Waals surface area contributed by atoms with Crippen molar-refractivity contribution in [3.05, 3.63) is 12.0 Å². The van der Waals surface area contributed by atoms with Crippen LogP contribution in [-0.2, 0) is 17.8 Å². The van der Waals surface area contributed by atoms with Gasteiger partial charge < -0.3 is 9.80 Å². The fourth-order valence-electron chi connectivity index (χ4n) is 4.83. The average molecular weight is 413 g/mol. The maximum absolute atomic E-state index is 12.8. The van der Waals surface area contributed by atoms with Gasteiger partial charge >= 0.3 is 0 Å². The number of hydrogen-bond acceptors (Lipinski definition) is 5. The highest BCUT2D eigenvalue weighted by molar-refractivity contribution is 5.90. The Bertz CT molecular complexity index is 862.